The number of carbonyl (C=O) groups is 1. The Balaban J connectivity index is 1.47. The van der Waals surface area contributed by atoms with Gasteiger partial charge in [0.2, 0.25) is 5.91 Å². The van der Waals surface area contributed by atoms with Crippen molar-refractivity contribution in [1.82, 2.24) is 15.1 Å². The van der Waals surface area contributed by atoms with Gasteiger partial charge >= 0.3 is 0 Å². The van der Waals surface area contributed by atoms with Crippen LogP contribution in [-0.2, 0) is 4.79 Å². The van der Waals surface area contributed by atoms with Crippen molar-refractivity contribution in [3.63, 3.8) is 0 Å². The summed E-state index contributed by atoms with van der Waals surface area (Å²) in [6.07, 6.45) is 2.35. The average molecular weight is 389 g/mol. The quantitative estimate of drug-likeness (QED) is 0.589. The molecule has 0 aliphatic heterocycles. The van der Waals surface area contributed by atoms with E-state index >= 15 is 0 Å². The summed E-state index contributed by atoms with van der Waals surface area (Å²) < 4.78 is 1.84. The predicted octanol–water partition coefficient (Wildman–Crippen LogP) is 4.68. The van der Waals surface area contributed by atoms with Gasteiger partial charge in [-0.25, -0.2) is 4.68 Å². The molecule has 2 aromatic carbocycles. The summed E-state index contributed by atoms with van der Waals surface area (Å²) in [7, 11) is 0. The van der Waals surface area contributed by atoms with Crippen LogP contribution in [0.5, 0.6) is 0 Å². The zero-order valence-corrected chi connectivity index (χ0v) is 17.0. The molecule has 0 spiro atoms. The van der Waals surface area contributed by atoms with E-state index in [0.717, 1.165) is 17.2 Å². The maximum absolute atomic E-state index is 12.7. The number of amides is 1. The molecule has 0 bridgehead atoms. The lowest BCUT2D eigenvalue weighted by atomic mass is 9.96. The van der Waals surface area contributed by atoms with Gasteiger partial charge in [0.25, 0.3) is 0 Å². The smallest absolute Gasteiger partial charge is 0.239 e. The number of carbonyl (C=O) groups excluding carboxylic acids is 1. The third-order valence-electron chi connectivity index (χ3n) is 5.30. The van der Waals surface area contributed by atoms with Crippen LogP contribution in [0.25, 0.3) is 5.69 Å². The van der Waals surface area contributed by atoms with Crippen LogP contribution in [0.4, 0.5) is 5.82 Å². The van der Waals surface area contributed by atoms with E-state index in [4.69, 9.17) is 5.10 Å². The molecule has 1 aliphatic rings. The predicted molar refractivity (Wildman–Crippen MR) is 116 cm³/mol. The molecule has 0 saturated heterocycles. The standard InChI is InChI=1S/C24H28N4O/c1-17(2)24(19-9-5-3-6-10-19)25-16-23(29)26-22-15-21(18-13-14-18)27-28(22)20-11-7-4-8-12-20/h3-12,15,17-18,24-25H,13-14,16H2,1-2H3,(H,26,29). The Morgan fingerprint density at radius 2 is 1.72 bits per heavy atom. The van der Waals surface area contributed by atoms with Crippen LogP contribution in [-0.4, -0.2) is 22.2 Å². The minimum absolute atomic E-state index is 0.0639. The molecule has 5 heteroatoms. The molecule has 1 aliphatic carbocycles. The first-order valence-corrected chi connectivity index (χ1v) is 10.4. The maximum Gasteiger partial charge on any atom is 0.239 e. The third kappa shape index (κ3) is 4.74. The summed E-state index contributed by atoms with van der Waals surface area (Å²) in [5, 5.41) is 11.2. The Kier molecular flexibility index (Phi) is 5.76. The van der Waals surface area contributed by atoms with Gasteiger partial charge in [-0.3, -0.25) is 4.79 Å². The minimum atomic E-state index is -0.0639. The molecule has 3 aromatic rings. The monoisotopic (exact) mass is 388 g/mol. The molecule has 4 rings (SSSR count). The topological polar surface area (TPSA) is 59.0 Å². The van der Waals surface area contributed by atoms with E-state index in [9.17, 15) is 4.79 Å². The molecule has 150 valence electrons. The molecule has 1 heterocycles. The highest BCUT2D eigenvalue weighted by Gasteiger charge is 2.28. The lowest BCUT2D eigenvalue weighted by molar-refractivity contribution is -0.115. The zero-order chi connectivity index (χ0) is 20.2. The Morgan fingerprint density at radius 1 is 1.07 bits per heavy atom. The Labute approximate surface area is 172 Å². The van der Waals surface area contributed by atoms with E-state index in [1.54, 1.807) is 0 Å². The molecule has 1 unspecified atom stereocenters. The second kappa shape index (κ2) is 8.62. The highest BCUT2D eigenvalue weighted by atomic mass is 16.2. The molecule has 1 fully saturated rings. The molecular weight excluding hydrogens is 360 g/mol. The largest absolute Gasteiger partial charge is 0.309 e. The van der Waals surface area contributed by atoms with Gasteiger partial charge in [0.05, 0.1) is 17.9 Å². The van der Waals surface area contributed by atoms with Crippen molar-refractivity contribution in [3.8, 4) is 5.69 Å². The van der Waals surface area contributed by atoms with E-state index in [2.05, 4.69) is 36.6 Å². The fourth-order valence-electron chi connectivity index (χ4n) is 3.62. The zero-order valence-electron chi connectivity index (χ0n) is 17.0. The molecule has 1 amide bonds. The van der Waals surface area contributed by atoms with E-state index in [1.165, 1.54) is 18.4 Å². The number of benzene rings is 2. The van der Waals surface area contributed by atoms with Crippen LogP contribution in [0.3, 0.4) is 0 Å². The number of rotatable bonds is 8. The van der Waals surface area contributed by atoms with Crippen LogP contribution in [0.2, 0.25) is 0 Å². The van der Waals surface area contributed by atoms with Crippen LogP contribution in [0.1, 0.15) is 49.9 Å². The van der Waals surface area contributed by atoms with Crippen LogP contribution in [0, 0.1) is 5.92 Å². The van der Waals surface area contributed by atoms with Gasteiger partial charge in [0, 0.05) is 18.0 Å². The van der Waals surface area contributed by atoms with Gasteiger partial charge in [0.15, 0.2) is 0 Å². The van der Waals surface area contributed by atoms with E-state index in [1.807, 2.05) is 59.3 Å². The fraction of sp³-hybridized carbons (Fsp3) is 0.333. The van der Waals surface area contributed by atoms with Crippen molar-refractivity contribution in [1.29, 1.82) is 0 Å². The SMILES string of the molecule is CC(C)C(NCC(=O)Nc1cc(C2CC2)nn1-c1ccccc1)c1ccccc1. The maximum atomic E-state index is 12.7. The second-order valence-corrected chi connectivity index (χ2v) is 8.04. The number of nitrogens with one attached hydrogen (secondary N) is 2. The first kappa shape index (κ1) is 19.4. The number of para-hydroxylation sites is 1. The molecule has 0 radical (unpaired) electrons. The molecule has 1 saturated carbocycles. The third-order valence-corrected chi connectivity index (χ3v) is 5.30. The summed E-state index contributed by atoms with van der Waals surface area (Å²) >= 11 is 0. The molecule has 5 nitrogen and oxygen atoms in total. The van der Waals surface area contributed by atoms with Gasteiger partial charge in [-0.05, 0) is 36.5 Å². The summed E-state index contributed by atoms with van der Waals surface area (Å²) in [6.45, 7) is 4.57. The number of aromatic nitrogens is 2. The number of nitrogens with zero attached hydrogens (tertiary/aromatic N) is 2. The Bertz CT molecular complexity index is 946. The second-order valence-electron chi connectivity index (χ2n) is 8.04. The lowest BCUT2D eigenvalue weighted by Crippen LogP contribution is -2.34. The molecule has 1 atom stereocenters. The Morgan fingerprint density at radius 3 is 2.34 bits per heavy atom. The summed E-state index contributed by atoms with van der Waals surface area (Å²) in [5.74, 6) is 1.57. The average Bonchev–Trinajstić information content (AvgIpc) is 3.50. The summed E-state index contributed by atoms with van der Waals surface area (Å²) in [4.78, 5) is 12.7. The van der Waals surface area contributed by atoms with Gasteiger partial charge in [-0.15, -0.1) is 0 Å². The van der Waals surface area contributed by atoms with E-state index in [-0.39, 0.29) is 18.5 Å². The molecule has 1 aromatic heterocycles. The number of anilines is 1. The fourth-order valence-corrected chi connectivity index (χ4v) is 3.62. The lowest BCUT2D eigenvalue weighted by Gasteiger charge is -2.22. The molecule has 2 N–H and O–H groups in total. The van der Waals surface area contributed by atoms with Crippen molar-refractivity contribution < 1.29 is 4.79 Å². The normalized spacial score (nSPS) is 14.7. The molecule has 29 heavy (non-hydrogen) atoms. The highest BCUT2D eigenvalue weighted by molar-refractivity contribution is 5.91. The number of hydrogen-bond acceptors (Lipinski definition) is 3. The Hall–Kier alpha value is -2.92. The number of hydrogen-bond donors (Lipinski definition) is 2. The van der Waals surface area contributed by atoms with Gasteiger partial charge < -0.3 is 10.6 Å². The van der Waals surface area contributed by atoms with Gasteiger partial charge in [0.1, 0.15) is 5.82 Å². The first-order valence-electron chi connectivity index (χ1n) is 10.4. The van der Waals surface area contributed by atoms with Crippen molar-refractivity contribution in [2.45, 2.75) is 38.6 Å². The van der Waals surface area contributed by atoms with Crippen molar-refractivity contribution in [2.24, 2.45) is 5.92 Å². The molecular formula is C24H28N4O. The van der Waals surface area contributed by atoms with Gasteiger partial charge in [-0.1, -0.05) is 62.4 Å². The van der Waals surface area contributed by atoms with E-state index < -0.39 is 0 Å². The summed E-state index contributed by atoms with van der Waals surface area (Å²) in [5.41, 5.74) is 3.20. The van der Waals surface area contributed by atoms with Crippen LogP contribution >= 0.6 is 0 Å². The van der Waals surface area contributed by atoms with Crippen molar-refractivity contribution >= 4 is 11.7 Å². The van der Waals surface area contributed by atoms with Crippen LogP contribution in [0.15, 0.2) is 66.7 Å². The van der Waals surface area contributed by atoms with Crippen molar-refractivity contribution in [3.05, 3.63) is 78.0 Å². The summed E-state index contributed by atoms with van der Waals surface area (Å²) in [6, 6.07) is 22.4. The first-order chi connectivity index (χ1) is 14.1. The van der Waals surface area contributed by atoms with Crippen molar-refractivity contribution in [2.75, 3.05) is 11.9 Å². The van der Waals surface area contributed by atoms with E-state index in [0.29, 0.717) is 11.8 Å². The van der Waals surface area contributed by atoms with Gasteiger partial charge in [-0.2, -0.15) is 5.10 Å². The highest BCUT2D eigenvalue weighted by Crippen LogP contribution is 2.40. The minimum Gasteiger partial charge on any atom is -0.309 e. The van der Waals surface area contributed by atoms with Crippen LogP contribution < -0.4 is 10.6 Å².